The molecule has 0 atom stereocenters. The van der Waals surface area contributed by atoms with Gasteiger partial charge in [-0.05, 0) is 24.6 Å². The molecule has 1 rings (SSSR count). The van der Waals surface area contributed by atoms with Gasteiger partial charge in [0.25, 0.3) is 0 Å². The third kappa shape index (κ3) is 3.15. The van der Waals surface area contributed by atoms with Crippen LogP contribution >= 0.6 is 0 Å². The van der Waals surface area contributed by atoms with Crippen LogP contribution in [0.25, 0.3) is 0 Å². The molecule has 1 aromatic rings. The van der Waals surface area contributed by atoms with E-state index in [-0.39, 0.29) is 5.56 Å². The van der Waals surface area contributed by atoms with E-state index in [1.807, 2.05) is 0 Å². The first-order valence-electron chi connectivity index (χ1n) is 5.21. The normalized spacial score (nSPS) is 9.88. The number of benzene rings is 1. The highest BCUT2D eigenvalue weighted by molar-refractivity contribution is 5.86. The van der Waals surface area contributed by atoms with Gasteiger partial charge in [-0.3, -0.25) is 0 Å². The Labute approximate surface area is 94.8 Å². The molecule has 0 bridgehead atoms. The van der Waals surface area contributed by atoms with Crippen molar-refractivity contribution in [1.29, 1.82) is 0 Å². The summed E-state index contributed by atoms with van der Waals surface area (Å²) in [4.78, 5) is 10.6. The number of ether oxygens (including phenoxy) is 2. The van der Waals surface area contributed by atoms with Gasteiger partial charge in [0.1, 0.15) is 0 Å². The fraction of sp³-hybridized carbons (Fsp3) is 0.417. The molecule has 4 heteroatoms. The van der Waals surface area contributed by atoms with E-state index in [9.17, 15) is 9.90 Å². The Bertz CT molecular complexity index is 360. The Balaban J connectivity index is 2.80. The number of aromatic carboxylic acids is 1. The number of rotatable bonds is 6. The Morgan fingerprint density at radius 3 is 2.69 bits per heavy atom. The Hall–Kier alpha value is -1.71. The van der Waals surface area contributed by atoms with Gasteiger partial charge >= 0.3 is 0 Å². The summed E-state index contributed by atoms with van der Waals surface area (Å²) in [5, 5.41) is 10.6. The van der Waals surface area contributed by atoms with Gasteiger partial charge in [0.15, 0.2) is 11.5 Å². The Morgan fingerprint density at radius 1 is 1.38 bits per heavy atom. The van der Waals surface area contributed by atoms with Gasteiger partial charge < -0.3 is 19.4 Å². The fourth-order valence-electron chi connectivity index (χ4n) is 1.24. The molecule has 0 saturated heterocycles. The molecule has 0 N–H and O–H groups in total. The maximum atomic E-state index is 10.6. The van der Waals surface area contributed by atoms with E-state index in [2.05, 4.69) is 6.92 Å². The van der Waals surface area contributed by atoms with Gasteiger partial charge in [-0.25, -0.2) is 0 Å². The molecule has 0 heterocycles. The van der Waals surface area contributed by atoms with E-state index in [0.717, 1.165) is 12.8 Å². The molecule has 0 fully saturated rings. The maximum Gasteiger partial charge on any atom is 0.161 e. The summed E-state index contributed by atoms with van der Waals surface area (Å²) in [6.07, 6.45) is 1.99. The van der Waals surface area contributed by atoms with E-state index in [0.29, 0.717) is 18.1 Å². The van der Waals surface area contributed by atoms with E-state index in [4.69, 9.17) is 9.47 Å². The molecule has 0 aliphatic carbocycles. The highest BCUT2D eigenvalue weighted by atomic mass is 16.5. The number of hydrogen-bond acceptors (Lipinski definition) is 4. The van der Waals surface area contributed by atoms with Crippen LogP contribution in [0, 0.1) is 0 Å². The zero-order valence-corrected chi connectivity index (χ0v) is 9.49. The summed E-state index contributed by atoms with van der Waals surface area (Å²) < 4.78 is 10.5. The second-order valence-electron chi connectivity index (χ2n) is 3.36. The van der Waals surface area contributed by atoms with Crippen LogP contribution in [0.1, 0.15) is 30.1 Å². The fourth-order valence-corrected chi connectivity index (χ4v) is 1.24. The minimum atomic E-state index is -1.22. The lowest BCUT2D eigenvalue weighted by Gasteiger charge is -2.12. The second kappa shape index (κ2) is 6.00. The molecule has 88 valence electrons. The average Bonchev–Trinajstić information content (AvgIpc) is 2.29. The quantitative estimate of drug-likeness (QED) is 0.681. The number of carbonyl (C=O) groups excluding carboxylic acids is 1. The largest absolute Gasteiger partial charge is 0.545 e. The number of carboxylic acid groups (broad SMARTS) is 1. The van der Waals surface area contributed by atoms with Crippen molar-refractivity contribution < 1.29 is 19.4 Å². The number of hydrogen-bond donors (Lipinski definition) is 0. The van der Waals surface area contributed by atoms with Crippen molar-refractivity contribution in [3.63, 3.8) is 0 Å². The first kappa shape index (κ1) is 12.4. The molecule has 0 saturated carbocycles. The molecule has 16 heavy (non-hydrogen) atoms. The SMILES string of the molecule is CCCCOc1ccc(C(=O)[O-])cc1OC. The summed E-state index contributed by atoms with van der Waals surface area (Å²) in [5.74, 6) is -0.253. The molecule has 0 aromatic heterocycles. The summed E-state index contributed by atoms with van der Waals surface area (Å²) in [6.45, 7) is 2.66. The van der Waals surface area contributed by atoms with Crippen LogP contribution in [0.15, 0.2) is 18.2 Å². The standard InChI is InChI=1S/C12H16O4/c1-3-4-7-16-10-6-5-9(12(13)14)8-11(10)15-2/h5-6,8H,3-4,7H2,1-2H3,(H,13,14)/p-1. The molecule has 4 nitrogen and oxygen atoms in total. The van der Waals surface area contributed by atoms with Gasteiger partial charge in [0, 0.05) is 5.56 Å². The van der Waals surface area contributed by atoms with Crippen LogP contribution in [-0.4, -0.2) is 19.7 Å². The smallest absolute Gasteiger partial charge is 0.161 e. The summed E-state index contributed by atoms with van der Waals surface area (Å²) in [6, 6.07) is 4.43. The molecular weight excluding hydrogens is 208 g/mol. The molecule has 0 aliphatic rings. The first-order valence-corrected chi connectivity index (χ1v) is 5.21. The number of carboxylic acids is 1. The van der Waals surface area contributed by atoms with Gasteiger partial charge in [0.2, 0.25) is 0 Å². The van der Waals surface area contributed by atoms with Crippen LogP contribution in [0.5, 0.6) is 11.5 Å². The lowest BCUT2D eigenvalue weighted by atomic mass is 10.2. The second-order valence-corrected chi connectivity index (χ2v) is 3.36. The van der Waals surface area contributed by atoms with Gasteiger partial charge in [0.05, 0.1) is 19.7 Å². The van der Waals surface area contributed by atoms with Crippen molar-refractivity contribution in [2.75, 3.05) is 13.7 Å². The molecular formula is C12H15O4-. The van der Waals surface area contributed by atoms with Gasteiger partial charge in [-0.15, -0.1) is 0 Å². The minimum absolute atomic E-state index is 0.0830. The third-order valence-corrected chi connectivity index (χ3v) is 2.15. The molecule has 0 aliphatic heterocycles. The number of carbonyl (C=O) groups is 1. The summed E-state index contributed by atoms with van der Waals surface area (Å²) in [7, 11) is 1.47. The zero-order chi connectivity index (χ0) is 12.0. The lowest BCUT2D eigenvalue weighted by molar-refractivity contribution is -0.255. The topological polar surface area (TPSA) is 58.6 Å². The molecule has 1 aromatic carbocycles. The number of methoxy groups -OCH3 is 1. The number of unbranched alkanes of at least 4 members (excludes halogenated alkanes) is 1. The van der Waals surface area contributed by atoms with Gasteiger partial charge in [-0.2, -0.15) is 0 Å². The van der Waals surface area contributed by atoms with Crippen molar-refractivity contribution in [2.24, 2.45) is 0 Å². The molecule has 0 spiro atoms. The molecule has 0 amide bonds. The summed E-state index contributed by atoms with van der Waals surface area (Å²) in [5.41, 5.74) is 0.0830. The van der Waals surface area contributed by atoms with E-state index in [1.165, 1.54) is 19.2 Å². The van der Waals surface area contributed by atoms with Crippen molar-refractivity contribution in [2.45, 2.75) is 19.8 Å². The Morgan fingerprint density at radius 2 is 2.12 bits per heavy atom. The highest BCUT2D eigenvalue weighted by Crippen LogP contribution is 2.27. The monoisotopic (exact) mass is 223 g/mol. The lowest BCUT2D eigenvalue weighted by Crippen LogP contribution is -2.22. The Kier molecular flexibility index (Phi) is 4.64. The van der Waals surface area contributed by atoms with E-state index >= 15 is 0 Å². The summed E-state index contributed by atoms with van der Waals surface area (Å²) >= 11 is 0. The van der Waals surface area contributed by atoms with Crippen molar-refractivity contribution >= 4 is 5.97 Å². The zero-order valence-electron chi connectivity index (χ0n) is 9.49. The van der Waals surface area contributed by atoms with Crippen LogP contribution < -0.4 is 14.6 Å². The van der Waals surface area contributed by atoms with E-state index < -0.39 is 5.97 Å². The van der Waals surface area contributed by atoms with Crippen molar-refractivity contribution in [1.82, 2.24) is 0 Å². The first-order chi connectivity index (χ1) is 7.69. The van der Waals surface area contributed by atoms with Gasteiger partial charge in [-0.1, -0.05) is 13.3 Å². The van der Waals surface area contributed by atoms with Crippen LogP contribution in [0.2, 0.25) is 0 Å². The molecule has 0 unspecified atom stereocenters. The van der Waals surface area contributed by atoms with Crippen LogP contribution in [-0.2, 0) is 0 Å². The minimum Gasteiger partial charge on any atom is -0.545 e. The van der Waals surface area contributed by atoms with Crippen LogP contribution in [0.4, 0.5) is 0 Å². The van der Waals surface area contributed by atoms with Crippen molar-refractivity contribution in [3.8, 4) is 11.5 Å². The maximum absolute atomic E-state index is 10.6. The molecule has 0 radical (unpaired) electrons. The van der Waals surface area contributed by atoms with E-state index in [1.54, 1.807) is 6.07 Å². The van der Waals surface area contributed by atoms with Crippen molar-refractivity contribution in [3.05, 3.63) is 23.8 Å². The highest BCUT2D eigenvalue weighted by Gasteiger charge is 2.05. The predicted octanol–water partition coefficient (Wildman–Crippen LogP) is 1.24. The average molecular weight is 223 g/mol. The van der Waals surface area contributed by atoms with Crippen LogP contribution in [0.3, 0.4) is 0 Å². The predicted molar refractivity (Wildman–Crippen MR) is 57.7 cm³/mol. The third-order valence-electron chi connectivity index (χ3n) is 2.15.